The summed E-state index contributed by atoms with van der Waals surface area (Å²) in [4.78, 5) is 35.3. The molecule has 2 bridgehead atoms. The van der Waals surface area contributed by atoms with E-state index in [-0.39, 0.29) is 16.9 Å². The number of carbonyl (C=O) groups excluding carboxylic acids is 1. The van der Waals surface area contributed by atoms with E-state index in [4.69, 9.17) is 4.98 Å². The maximum absolute atomic E-state index is 13.1. The Hall–Kier alpha value is -1.34. The lowest BCUT2D eigenvalue weighted by molar-refractivity contribution is -0.129. The van der Waals surface area contributed by atoms with Crippen molar-refractivity contribution in [3.63, 3.8) is 0 Å². The number of thiophene rings is 1. The minimum atomic E-state index is 0.0423. The molecule has 30 heavy (non-hydrogen) atoms. The average Bonchev–Trinajstić information content (AvgIpc) is 3.16. The summed E-state index contributed by atoms with van der Waals surface area (Å²) < 4.78 is 1.65. The largest absolute Gasteiger partial charge is 0.338 e. The van der Waals surface area contributed by atoms with Gasteiger partial charge in [-0.15, -0.1) is 11.3 Å². The van der Waals surface area contributed by atoms with Crippen LogP contribution in [0, 0.1) is 10.8 Å². The maximum Gasteiger partial charge on any atom is 0.262 e. The molecule has 2 unspecified atom stereocenters. The molecule has 3 aliphatic rings. The minimum Gasteiger partial charge on any atom is -0.338 e. The Balaban J connectivity index is 1.36. The summed E-state index contributed by atoms with van der Waals surface area (Å²) in [7, 11) is 1.79. The van der Waals surface area contributed by atoms with E-state index in [1.165, 1.54) is 35.0 Å². The van der Waals surface area contributed by atoms with E-state index in [0.717, 1.165) is 48.9 Å². The van der Waals surface area contributed by atoms with Crippen LogP contribution >= 0.6 is 23.1 Å². The van der Waals surface area contributed by atoms with Gasteiger partial charge in [0.1, 0.15) is 4.83 Å². The fourth-order valence-electron chi connectivity index (χ4n) is 6.36. The van der Waals surface area contributed by atoms with E-state index in [1.807, 2.05) is 0 Å². The Labute approximate surface area is 186 Å². The first-order valence-corrected chi connectivity index (χ1v) is 12.9. The SMILES string of the molecule is Cn1c(SCC(=O)N2CC3(C)CC2CC(C)(C)C3)nc2sc3c(c2c1=O)CCCC3. The highest BCUT2D eigenvalue weighted by Gasteiger charge is 2.50. The number of aromatic nitrogens is 2. The molecule has 2 atom stereocenters. The molecule has 1 saturated carbocycles. The molecule has 5 nitrogen and oxygen atoms in total. The smallest absolute Gasteiger partial charge is 0.262 e. The van der Waals surface area contributed by atoms with Gasteiger partial charge in [-0.25, -0.2) is 4.98 Å². The Kier molecular flexibility index (Phi) is 4.86. The molecule has 5 rings (SSSR count). The van der Waals surface area contributed by atoms with Gasteiger partial charge in [0.2, 0.25) is 5.91 Å². The summed E-state index contributed by atoms with van der Waals surface area (Å²) >= 11 is 3.09. The minimum absolute atomic E-state index is 0.0423. The molecule has 2 aliphatic carbocycles. The van der Waals surface area contributed by atoms with Gasteiger partial charge in [0.05, 0.1) is 11.1 Å². The van der Waals surface area contributed by atoms with Crippen molar-refractivity contribution in [2.75, 3.05) is 12.3 Å². The Bertz CT molecular complexity index is 1090. The fraction of sp³-hybridized carbons (Fsp3) is 0.696. The molecular formula is C23H31N3O2S2. The molecule has 3 heterocycles. The van der Waals surface area contributed by atoms with Crippen LogP contribution in [0.25, 0.3) is 10.2 Å². The highest BCUT2D eigenvalue weighted by molar-refractivity contribution is 7.99. The first-order valence-electron chi connectivity index (χ1n) is 11.1. The number of nitrogens with zero attached hydrogens (tertiary/aromatic N) is 3. The molecule has 0 spiro atoms. The molecular weight excluding hydrogens is 414 g/mol. The van der Waals surface area contributed by atoms with Crippen molar-refractivity contribution in [2.24, 2.45) is 17.9 Å². The van der Waals surface area contributed by atoms with Crippen LogP contribution in [0.1, 0.15) is 63.3 Å². The van der Waals surface area contributed by atoms with Gasteiger partial charge >= 0.3 is 0 Å². The Morgan fingerprint density at radius 2 is 2.00 bits per heavy atom. The van der Waals surface area contributed by atoms with Gasteiger partial charge in [-0.3, -0.25) is 14.2 Å². The molecule has 7 heteroatoms. The molecule has 0 N–H and O–H groups in total. The van der Waals surface area contributed by atoms with Crippen molar-refractivity contribution >= 4 is 39.2 Å². The van der Waals surface area contributed by atoms with Crippen molar-refractivity contribution in [1.82, 2.24) is 14.5 Å². The highest BCUT2D eigenvalue weighted by Crippen LogP contribution is 2.52. The van der Waals surface area contributed by atoms with Gasteiger partial charge in [0.25, 0.3) is 5.56 Å². The summed E-state index contributed by atoms with van der Waals surface area (Å²) in [5, 5.41) is 1.48. The van der Waals surface area contributed by atoms with Crippen LogP contribution in [-0.2, 0) is 24.7 Å². The summed E-state index contributed by atoms with van der Waals surface area (Å²) in [6.45, 7) is 7.86. The summed E-state index contributed by atoms with van der Waals surface area (Å²) in [6, 6.07) is 0.357. The van der Waals surface area contributed by atoms with Gasteiger partial charge in [0, 0.05) is 24.5 Å². The van der Waals surface area contributed by atoms with Gasteiger partial charge < -0.3 is 4.90 Å². The average molecular weight is 446 g/mol. The second-order valence-electron chi connectivity index (χ2n) is 10.7. The fourth-order valence-corrected chi connectivity index (χ4v) is 8.52. The van der Waals surface area contributed by atoms with Crippen LogP contribution in [0.4, 0.5) is 0 Å². The lowest BCUT2D eigenvalue weighted by Gasteiger charge is -2.39. The highest BCUT2D eigenvalue weighted by atomic mass is 32.2. The first-order chi connectivity index (χ1) is 14.2. The molecule has 0 radical (unpaired) electrons. The third-order valence-corrected chi connectivity index (χ3v) is 9.42. The number of fused-ring (bicyclic) bond motifs is 5. The lowest BCUT2D eigenvalue weighted by atomic mass is 9.65. The van der Waals surface area contributed by atoms with E-state index < -0.39 is 0 Å². The Morgan fingerprint density at radius 1 is 1.23 bits per heavy atom. The van der Waals surface area contributed by atoms with Crippen LogP contribution < -0.4 is 5.56 Å². The van der Waals surface area contributed by atoms with E-state index in [2.05, 4.69) is 25.7 Å². The number of thioether (sulfide) groups is 1. The molecule has 162 valence electrons. The van der Waals surface area contributed by atoms with Crippen LogP contribution in [0.5, 0.6) is 0 Å². The topological polar surface area (TPSA) is 55.2 Å². The predicted molar refractivity (Wildman–Crippen MR) is 123 cm³/mol. The van der Waals surface area contributed by atoms with Crippen molar-refractivity contribution < 1.29 is 4.79 Å². The normalized spacial score (nSPS) is 27.5. The van der Waals surface area contributed by atoms with E-state index >= 15 is 0 Å². The summed E-state index contributed by atoms with van der Waals surface area (Å²) in [5.74, 6) is 0.537. The predicted octanol–water partition coefficient (Wildman–Crippen LogP) is 4.39. The van der Waals surface area contributed by atoms with Crippen LogP contribution in [0.3, 0.4) is 0 Å². The molecule has 1 aliphatic heterocycles. The van der Waals surface area contributed by atoms with Crippen LogP contribution in [0.2, 0.25) is 0 Å². The van der Waals surface area contributed by atoms with Crippen molar-refractivity contribution in [3.8, 4) is 0 Å². The second-order valence-corrected chi connectivity index (χ2v) is 12.7. The van der Waals surface area contributed by atoms with Crippen LogP contribution in [-0.4, -0.2) is 38.7 Å². The van der Waals surface area contributed by atoms with E-state index in [9.17, 15) is 9.59 Å². The number of amides is 1. The zero-order valence-corrected chi connectivity index (χ0v) is 20.0. The third kappa shape index (κ3) is 3.42. The molecule has 0 aromatic carbocycles. The van der Waals surface area contributed by atoms with Crippen molar-refractivity contribution in [3.05, 3.63) is 20.8 Å². The number of aryl methyl sites for hydroxylation is 2. The zero-order chi connectivity index (χ0) is 21.3. The summed E-state index contributed by atoms with van der Waals surface area (Å²) in [6.07, 6.45) is 7.79. The summed E-state index contributed by atoms with van der Waals surface area (Å²) in [5.41, 5.74) is 1.81. The van der Waals surface area contributed by atoms with E-state index in [1.54, 1.807) is 23.0 Å². The van der Waals surface area contributed by atoms with Gasteiger partial charge in [-0.2, -0.15) is 0 Å². The standard InChI is InChI=1S/C23H31N3O2S2/c1-22(2)9-14-10-23(3,12-22)13-26(14)17(27)11-29-21-24-19-18(20(28)25(21)4)15-7-5-6-8-16(15)30-19/h14H,5-13H2,1-4H3. The Morgan fingerprint density at radius 3 is 2.80 bits per heavy atom. The zero-order valence-electron chi connectivity index (χ0n) is 18.4. The number of hydrogen-bond acceptors (Lipinski definition) is 5. The van der Waals surface area contributed by atoms with Crippen LogP contribution in [0.15, 0.2) is 9.95 Å². The third-order valence-electron chi connectivity index (χ3n) is 7.22. The quantitative estimate of drug-likeness (QED) is 0.519. The number of likely N-dealkylation sites (tertiary alicyclic amines) is 1. The molecule has 2 fully saturated rings. The maximum atomic E-state index is 13.1. The van der Waals surface area contributed by atoms with Gasteiger partial charge in [-0.1, -0.05) is 32.5 Å². The number of hydrogen-bond donors (Lipinski definition) is 0. The second kappa shape index (κ2) is 7.09. The number of carbonyl (C=O) groups is 1. The van der Waals surface area contributed by atoms with E-state index in [0.29, 0.717) is 22.4 Å². The number of rotatable bonds is 3. The molecule has 2 aromatic heterocycles. The van der Waals surface area contributed by atoms with Gasteiger partial charge in [-0.05, 0) is 61.3 Å². The first kappa shape index (κ1) is 20.6. The van der Waals surface area contributed by atoms with Gasteiger partial charge in [0.15, 0.2) is 5.16 Å². The van der Waals surface area contributed by atoms with Crippen molar-refractivity contribution in [1.29, 1.82) is 0 Å². The molecule has 1 saturated heterocycles. The monoisotopic (exact) mass is 445 g/mol. The lowest BCUT2D eigenvalue weighted by Crippen LogP contribution is -2.38. The molecule has 1 amide bonds. The van der Waals surface area contributed by atoms with Crippen molar-refractivity contribution in [2.45, 2.75) is 76.9 Å². The molecule has 2 aromatic rings.